The maximum absolute atomic E-state index is 11.5. The van der Waals surface area contributed by atoms with E-state index in [1.807, 2.05) is 0 Å². The fourth-order valence-electron chi connectivity index (χ4n) is 1.38. The summed E-state index contributed by atoms with van der Waals surface area (Å²) >= 11 is 5.43. The molecule has 0 unspecified atom stereocenters. The van der Waals surface area contributed by atoms with E-state index in [-0.39, 0.29) is 5.88 Å². The van der Waals surface area contributed by atoms with Crippen LogP contribution < -0.4 is 11.2 Å². The van der Waals surface area contributed by atoms with Crippen LogP contribution in [-0.2, 0) is 0 Å². The number of benzene rings is 1. The van der Waals surface area contributed by atoms with Crippen molar-refractivity contribution >= 4 is 22.5 Å². The molecule has 0 atom stereocenters. The second kappa shape index (κ2) is 4.25. The first-order valence-corrected chi connectivity index (χ1v) is 5.05. The molecule has 0 aliphatic rings. The molecular formula is C11H7ClN2O2. The van der Waals surface area contributed by atoms with Crippen LogP contribution in [0.25, 0.3) is 10.9 Å². The molecule has 2 N–H and O–H groups in total. The molecule has 0 aliphatic carbocycles. The van der Waals surface area contributed by atoms with Crippen molar-refractivity contribution in [2.24, 2.45) is 0 Å². The maximum atomic E-state index is 11.5. The molecule has 16 heavy (non-hydrogen) atoms. The summed E-state index contributed by atoms with van der Waals surface area (Å²) < 4.78 is 0. The monoisotopic (exact) mass is 234 g/mol. The van der Waals surface area contributed by atoms with Crippen LogP contribution in [0.2, 0.25) is 0 Å². The fourth-order valence-corrected chi connectivity index (χ4v) is 1.45. The average molecular weight is 235 g/mol. The van der Waals surface area contributed by atoms with Crippen molar-refractivity contribution in [2.75, 3.05) is 5.88 Å². The first-order chi connectivity index (χ1) is 7.70. The maximum Gasteiger partial charge on any atom is 0.326 e. The Balaban J connectivity index is 2.71. The summed E-state index contributed by atoms with van der Waals surface area (Å²) in [6, 6.07) is 4.98. The minimum absolute atomic E-state index is 0.236. The highest BCUT2D eigenvalue weighted by molar-refractivity contribution is 6.19. The fraction of sp³-hybridized carbons (Fsp3) is 0.0909. The molecule has 5 heteroatoms. The van der Waals surface area contributed by atoms with Crippen LogP contribution in [0.15, 0.2) is 27.8 Å². The van der Waals surface area contributed by atoms with Gasteiger partial charge in [0, 0.05) is 5.56 Å². The van der Waals surface area contributed by atoms with Gasteiger partial charge in [0.25, 0.3) is 5.56 Å². The quantitative estimate of drug-likeness (QED) is 0.523. The summed E-state index contributed by atoms with van der Waals surface area (Å²) in [5, 5.41) is 0.404. The molecule has 1 aromatic heterocycles. The van der Waals surface area contributed by atoms with E-state index in [9.17, 15) is 9.59 Å². The van der Waals surface area contributed by atoms with E-state index in [2.05, 4.69) is 21.8 Å². The highest BCUT2D eigenvalue weighted by atomic mass is 35.5. The number of fused-ring (bicyclic) bond motifs is 1. The van der Waals surface area contributed by atoms with Crippen molar-refractivity contribution in [1.29, 1.82) is 0 Å². The summed E-state index contributed by atoms with van der Waals surface area (Å²) in [7, 11) is 0. The SMILES string of the molecule is O=c1[nH]c(=O)c2cc(C#CCCl)ccc2[nH]1. The van der Waals surface area contributed by atoms with Crippen LogP contribution in [0.3, 0.4) is 0 Å². The lowest BCUT2D eigenvalue weighted by molar-refractivity contribution is 1.08. The number of aromatic amines is 2. The summed E-state index contributed by atoms with van der Waals surface area (Å²) in [5.41, 5.74) is 0.237. The topological polar surface area (TPSA) is 65.7 Å². The number of halogens is 1. The van der Waals surface area contributed by atoms with E-state index in [1.165, 1.54) is 0 Å². The Labute approximate surface area is 95.3 Å². The zero-order valence-electron chi connectivity index (χ0n) is 8.13. The molecule has 0 radical (unpaired) electrons. The van der Waals surface area contributed by atoms with E-state index in [0.29, 0.717) is 16.5 Å². The first-order valence-electron chi connectivity index (χ1n) is 4.52. The van der Waals surface area contributed by atoms with Crippen molar-refractivity contribution in [3.05, 3.63) is 44.6 Å². The number of aromatic nitrogens is 2. The van der Waals surface area contributed by atoms with Crippen LogP contribution >= 0.6 is 11.6 Å². The van der Waals surface area contributed by atoms with Crippen LogP contribution in [0.1, 0.15) is 5.56 Å². The Hall–Kier alpha value is -1.99. The largest absolute Gasteiger partial charge is 0.326 e. The van der Waals surface area contributed by atoms with Gasteiger partial charge < -0.3 is 4.98 Å². The zero-order chi connectivity index (χ0) is 11.5. The van der Waals surface area contributed by atoms with Gasteiger partial charge in [-0.1, -0.05) is 11.8 Å². The van der Waals surface area contributed by atoms with Crippen LogP contribution in [0.4, 0.5) is 0 Å². The number of rotatable bonds is 0. The van der Waals surface area contributed by atoms with Crippen molar-refractivity contribution in [2.45, 2.75) is 0 Å². The third-order valence-corrected chi connectivity index (χ3v) is 2.17. The highest BCUT2D eigenvalue weighted by Crippen LogP contribution is 2.07. The van der Waals surface area contributed by atoms with E-state index >= 15 is 0 Å². The van der Waals surface area contributed by atoms with Gasteiger partial charge in [0.2, 0.25) is 0 Å². The Morgan fingerprint density at radius 2 is 2.06 bits per heavy atom. The van der Waals surface area contributed by atoms with Crippen molar-refractivity contribution in [3.63, 3.8) is 0 Å². The second-order valence-corrected chi connectivity index (χ2v) is 3.37. The van der Waals surface area contributed by atoms with Crippen LogP contribution in [0.5, 0.6) is 0 Å². The number of alkyl halides is 1. The zero-order valence-corrected chi connectivity index (χ0v) is 8.89. The van der Waals surface area contributed by atoms with Gasteiger partial charge >= 0.3 is 5.69 Å². The minimum atomic E-state index is -0.517. The third kappa shape index (κ3) is 2.00. The minimum Gasteiger partial charge on any atom is -0.307 e. The van der Waals surface area contributed by atoms with E-state index < -0.39 is 11.2 Å². The second-order valence-electron chi connectivity index (χ2n) is 3.10. The predicted octanol–water partition coefficient (Wildman–Crippen LogP) is 0.807. The lowest BCUT2D eigenvalue weighted by Crippen LogP contribution is -2.21. The smallest absolute Gasteiger partial charge is 0.307 e. The summed E-state index contributed by atoms with van der Waals surface area (Å²) in [4.78, 5) is 27.2. The standard InChI is InChI=1S/C11H7ClN2O2/c12-5-1-2-7-3-4-9-8(6-7)10(15)14-11(16)13-9/h3-4,6H,5H2,(H2,13,14,15,16). The molecule has 0 aliphatic heterocycles. The molecule has 0 bridgehead atoms. The lowest BCUT2D eigenvalue weighted by Gasteiger charge is -1.96. The van der Waals surface area contributed by atoms with Gasteiger partial charge in [-0.3, -0.25) is 9.78 Å². The predicted molar refractivity (Wildman–Crippen MR) is 62.8 cm³/mol. The van der Waals surface area contributed by atoms with Gasteiger partial charge in [0.1, 0.15) is 0 Å². The molecule has 0 saturated heterocycles. The van der Waals surface area contributed by atoms with Crippen molar-refractivity contribution in [1.82, 2.24) is 9.97 Å². The van der Waals surface area contributed by atoms with Gasteiger partial charge in [-0.25, -0.2) is 4.79 Å². The molecule has 0 spiro atoms. The number of hydrogen-bond donors (Lipinski definition) is 2. The number of hydrogen-bond acceptors (Lipinski definition) is 2. The summed E-state index contributed by atoms with van der Waals surface area (Å²) in [5.74, 6) is 5.73. The first kappa shape index (κ1) is 10.5. The van der Waals surface area contributed by atoms with Gasteiger partial charge in [-0.2, -0.15) is 0 Å². The lowest BCUT2D eigenvalue weighted by atomic mass is 10.1. The van der Waals surface area contributed by atoms with E-state index in [4.69, 9.17) is 11.6 Å². The molecule has 1 heterocycles. The van der Waals surface area contributed by atoms with Gasteiger partial charge in [-0.05, 0) is 18.2 Å². The Morgan fingerprint density at radius 3 is 2.81 bits per heavy atom. The van der Waals surface area contributed by atoms with Crippen molar-refractivity contribution < 1.29 is 0 Å². The molecule has 2 rings (SSSR count). The van der Waals surface area contributed by atoms with Gasteiger partial charge in [0.05, 0.1) is 16.8 Å². The molecule has 0 fully saturated rings. The molecule has 2 aromatic rings. The van der Waals surface area contributed by atoms with Crippen LogP contribution in [0, 0.1) is 11.8 Å². The summed E-state index contributed by atoms with van der Waals surface area (Å²) in [6.45, 7) is 0. The number of nitrogens with one attached hydrogen (secondary N) is 2. The molecular weight excluding hydrogens is 228 g/mol. The molecule has 1 aromatic carbocycles. The highest BCUT2D eigenvalue weighted by Gasteiger charge is 2.00. The average Bonchev–Trinajstić information content (AvgIpc) is 2.26. The molecule has 0 amide bonds. The Bertz CT molecular complexity index is 703. The third-order valence-electron chi connectivity index (χ3n) is 2.04. The van der Waals surface area contributed by atoms with E-state index in [1.54, 1.807) is 18.2 Å². The van der Waals surface area contributed by atoms with E-state index in [0.717, 1.165) is 0 Å². The Morgan fingerprint density at radius 1 is 1.25 bits per heavy atom. The normalized spacial score (nSPS) is 9.81. The van der Waals surface area contributed by atoms with Crippen LogP contribution in [-0.4, -0.2) is 15.8 Å². The van der Waals surface area contributed by atoms with Gasteiger partial charge in [-0.15, -0.1) is 11.6 Å². The van der Waals surface area contributed by atoms with Crippen molar-refractivity contribution in [3.8, 4) is 11.8 Å². The van der Waals surface area contributed by atoms with Gasteiger partial charge in [0.15, 0.2) is 0 Å². The summed E-state index contributed by atoms with van der Waals surface area (Å²) in [6.07, 6.45) is 0. The number of H-pyrrole nitrogens is 2. The Kier molecular flexibility index (Phi) is 2.80. The molecule has 4 nitrogen and oxygen atoms in total. The molecule has 0 saturated carbocycles. The molecule has 80 valence electrons.